The summed E-state index contributed by atoms with van der Waals surface area (Å²) >= 11 is 6.00. The Bertz CT molecular complexity index is 673. The molecule has 1 aliphatic carbocycles. The number of benzene rings is 2. The minimum Gasteiger partial charge on any atom is -0.399 e. The summed E-state index contributed by atoms with van der Waals surface area (Å²) in [6.07, 6.45) is 1.73. The smallest absolute Gasteiger partial charge is 0.223 e. The van der Waals surface area contributed by atoms with E-state index in [9.17, 15) is 4.79 Å². The van der Waals surface area contributed by atoms with Crippen molar-refractivity contribution >= 4 is 35.6 Å². The van der Waals surface area contributed by atoms with Crippen molar-refractivity contribution in [3.8, 4) is 0 Å². The van der Waals surface area contributed by atoms with E-state index < -0.39 is 0 Å². The molecule has 1 fully saturated rings. The first-order chi connectivity index (χ1) is 10.6. The van der Waals surface area contributed by atoms with Crippen molar-refractivity contribution in [1.29, 1.82) is 0 Å². The van der Waals surface area contributed by atoms with Gasteiger partial charge in [-0.1, -0.05) is 35.9 Å². The van der Waals surface area contributed by atoms with Crippen molar-refractivity contribution in [2.24, 2.45) is 5.92 Å². The fraction of sp³-hybridized carbons (Fsp3) is 0.278. The summed E-state index contributed by atoms with van der Waals surface area (Å²) in [5.74, 6) is 0.542. The highest BCUT2D eigenvalue weighted by atomic mass is 35.5. The monoisotopic (exact) mass is 350 g/mol. The molecule has 2 unspecified atom stereocenters. The number of amides is 1. The summed E-state index contributed by atoms with van der Waals surface area (Å²) in [4.78, 5) is 12.2. The zero-order valence-corrected chi connectivity index (χ0v) is 14.2. The molecular formula is C18H20Cl2N2O. The third-order valence-electron chi connectivity index (χ3n) is 4.10. The van der Waals surface area contributed by atoms with E-state index in [2.05, 4.69) is 5.32 Å². The van der Waals surface area contributed by atoms with E-state index in [4.69, 9.17) is 17.3 Å². The van der Waals surface area contributed by atoms with Gasteiger partial charge in [0.25, 0.3) is 0 Å². The molecule has 0 aromatic heterocycles. The van der Waals surface area contributed by atoms with Gasteiger partial charge in [0.2, 0.25) is 5.91 Å². The Balaban J connectivity index is 0.00000192. The van der Waals surface area contributed by atoms with Crippen LogP contribution in [0.2, 0.25) is 5.02 Å². The summed E-state index contributed by atoms with van der Waals surface area (Å²) < 4.78 is 0. The largest absolute Gasteiger partial charge is 0.399 e. The molecule has 1 saturated carbocycles. The number of nitrogens with one attached hydrogen (secondary N) is 1. The molecule has 0 radical (unpaired) electrons. The van der Waals surface area contributed by atoms with Gasteiger partial charge < -0.3 is 11.1 Å². The third-order valence-corrected chi connectivity index (χ3v) is 4.33. The second-order valence-electron chi connectivity index (χ2n) is 5.79. The van der Waals surface area contributed by atoms with E-state index in [1.165, 1.54) is 5.56 Å². The zero-order valence-electron chi connectivity index (χ0n) is 12.7. The first-order valence-corrected chi connectivity index (χ1v) is 7.89. The second kappa shape index (κ2) is 7.71. The number of hydrogen-bond donors (Lipinski definition) is 2. The molecule has 2 aromatic carbocycles. The Kier molecular flexibility index (Phi) is 5.91. The standard InChI is InChI=1S/C18H19ClN2O.ClH/c19-14-3-1-2-13(10-14)16-11-17(16)18(22)21-9-8-12-4-6-15(20)7-5-12;/h1-7,10,16-17H,8-9,11,20H2,(H,21,22);1H. The summed E-state index contributed by atoms with van der Waals surface area (Å²) in [6, 6.07) is 15.5. The Morgan fingerprint density at radius 1 is 1.22 bits per heavy atom. The lowest BCUT2D eigenvalue weighted by molar-refractivity contribution is -0.122. The van der Waals surface area contributed by atoms with Crippen molar-refractivity contribution in [2.45, 2.75) is 18.8 Å². The molecule has 1 aliphatic rings. The van der Waals surface area contributed by atoms with Gasteiger partial charge in [-0.25, -0.2) is 0 Å². The molecule has 0 aliphatic heterocycles. The highest BCUT2D eigenvalue weighted by Gasteiger charge is 2.43. The summed E-state index contributed by atoms with van der Waals surface area (Å²) in [5, 5.41) is 3.75. The van der Waals surface area contributed by atoms with Gasteiger partial charge in [-0.3, -0.25) is 4.79 Å². The maximum absolute atomic E-state index is 12.2. The molecule has 23 heavy (non-hydrogen) atoms. The number of nitrogens with two attached hydrogens (primary N) is 1. The van der Waals surface area contributed by atoms with Crippen LogP contribution in [0, 0.1) is 5.92 Å². The lowest BCUT2D eigenvalue weighted by atomic mass is 10.1. The van der Waals surface area contributed by atoms with Gasteiger partial charge in [-0.2, -0.15) is 0 Å². The lowest BCUT2D eigenvalue weighted by Gasteiger charge is -2.06. The lowest BCUT2D eigenvalue weighted by Crippen LogP contribution is -2.27. The number of carbonyl (C=O) groups is 1. The van der Waals surface area contributed by atoms with Crippen molar-refractivity contribution < 1.29 is 4.79 Å². The Morgan fingerprint density at radius 3 is 2.65 bits per heavy atom. The normalized spacial score (nSPS) is 18.8. The van der Waals surface area contributed by atoms with Crippen LogP contribution in [0.25, 0.3) is 0 Å². The Labute approximate surface area is 147 Å². The fourth-order valence-corrected chi connectivity index (χ4v) is 2.93. The molecule has 0 saturated heterocycles. The highest BCUT2D eigenvalue weighted by Crippen LogP contribution is 2.47. The summed E-state index contributed by atoms with van der Waals surface area (Å²) in [6.45, 7) is 0.654. The van der Waals surface area contributed by atoms with E-state index in [1.54, 1.807) is 0 Å². The van der Waals surface area contributed by atoms with Gasteiger partial charge in [0.05, 0.1) is 0 Å². The summed E-state index contributed by atoms with van der Waals surface area (Å²) in [7, 11) is 0. The maximum atomic E-state index is 12.2. The van der Waals surface area contributed by atoms with Crippen LogP contribution in [-0.2, 0) is 11.2 Å². The van der Waals surface area contributed by atoms with Crippen LogP contribution in [0.1, 0.15) is 23.5 Å². The molecule has 3 N–H and O–H groups in total. The molecular weight excluding hydrogens is 331 g/mol. The number of rotatable bonds is 5. The van der Waals surface area contributed by atoms with Gasteiger partial charge >= 0.3 is 0 Å². The van der Waals surface area contributed by atoms with Crippen molar-refractivity contribution in [3.05, 3.63) is 64.7 Å². The molecule has 5 heteroatoms. The third kappa shape index (κ3) is 4.63. The van der Waals surface area contributed by atoms with Gasteiger partial charge in [-0.15, -0.1) is 12.4 Å². The van der Waals surface area contributed by atoms with Gasteiger partial charge in [0.1, 0.15) is 0 Å². The van der Waals surface area contributed by atoms with E-state index in [0.717, 1.165) is 29.1 Å². The van der Waals surface area contributed by atoms with E-state index >= 15 is 0 Å². The van der Waals surface area contributed by atoms with Crippen LogP contribution >= 0.6 is 24.0 Å². The summed E-state index contributed by atoms with van der Waals surface area (Å²) in [5.41, 5.74) is 8.75. The van der Waals surface area contributed by atoms with Crippen LogP contribution in [-0.4, -0.2) is 12.5 Å². The second-order valence-corrected chi connectivity index (χ2v) is 6.22. The van der Waals surface area contributed by atoms with Crippen molar-refractivity contribution in [3.63, 3.8) is 0 Å². The number of nitrogen functional groups attached to an aromatic ring is 1. The minimum absolute atomic E-state index is 0. The molecule has 2 aromatic rings. The predicted molar refractivity (Wildman–Crippen MR) is 97.1 cm³/mol. The molecule has 0 heterocycles. The molecule has 3 rings (SSSR count). The first-order valence-electron chi connectivity index (χ1n) is 7.51. The van der Waals surface area contributed by atoms with Gasteiger partial charge in [0.15, 0.2) is 0 Å². The Morgan fingerprint density at radius 2 is 1.96 bits per heavy atom. The number of hydrogen-bond acceptors (Lipinski definition) is 2. The van der Waals surface area contributed by atoms with Crippen LogP contribution < -0.4 is 11.1 Å². The van der Waals surface area contributed by atoms with E-state index in [1.807, 2.05) is 48.5 Å². The van der Waals surface area contributed by atoms with E-state index in [0.29, 0.717) is 12.5 Å². The zero-order chi connectivity index (χ0) is 15.5. The molecule has 3 nitrogen and oxygen atoms in total. The SMILES string of the molecule is Cl.Nc1ccc(CCNC(=O)C2CC2c2cccc(Cl)c2)cc1. The Hall–Kier alpha value is -1.71. The van der Waals surface area contributed by atoms with Crippen LogP contribution in [0.5, 0.6) is 0 Å². The van der Waals surface area contributed by atoms with Gasteiger partial charge in [0, 0.05) is 23.2 Å². The predicted octanol–water partition coefficient (Wildman–Crippen LogP) is 3.81. The van der Waals surface area contributed by atoms with E-state index in [-0.39, 0.29) is 24.2 Å². The van der Waals surface area contributed by atoms with Crippen LogP contribution in [0.3, 0.4) is 0 Å². The van der Waals surface area contributed by atoms with Gasteiger partial charge in [-0.05, 0) is 54.2 Å². The maximum Gasteiger partial charge on any atom is 0.223 e. The first kappa shape index (κ1) is 17.6. The number of halogens is 2. The minimum atomic E-state index is 0. The average molecular weight is 351 g/mol. The molecule has 0 spiro atoms. The molecule has 0 bridgehead atoms. The molecule has 1 amide bonds. The fourth-order valence-electron chi connectivity index (χ4n) is 2.74. The molecule has 2 atom stereocenters. The quantitative estimate of drug-likeness (QED) is 0.805. The topological polar surface area (TPSA) is 55.1 Å². The molecule has 122 valence electrons. The highest BCUT2D eigenvalue weighted by molar-refractivity contribution is 6.30. The van der Waals surface area contributed by atoms with Crippen LogP contribution in [0.4, 0.5) is 5.69 Å². The number of carbonyl (C=O) groups excluding carboxylic acids is 1. The van der Waals surface area contributed by atoms with Crippen molar-refractivity contribution in [1.82, 2.24) is 5.32 Å². The average Bonchev–Trinajstić information content (AvgIpc) is 3.30. The van der Waals surface area contributed by atoms with Crippen molar-refractivity contribution in [2.75, 3.05) is 12.3 Å². The number of anilines is 1. The van der Waals surface area contributed by atoms with Crippen LogP contribution in [0.15, 0.2) is 48.5 Å².